The number of rotatable bonds is 7. The second kappa shape index (κ2) is 11.5. The van der Waals surface area contributed by atoms with Gasteiger partial charge in [-0.25, -0.2) is 4.39 Å². The Balaban J connectivity index is 0.00000364. The van der Waals surface area contributed by atoms with Crippen molar-refractivity contribution in [3.63, 3.8) is 0 Å². The predicted molar refractivity (Wildman–Crippen MR) is 119 cm³/mol. The summed E-state index contributed by atoms with van der Waals surface area (Å²) in [5.74, 6) is 0.714. The van der Waals surface area contributed by atoms with Gasteiger partial charge < -0.3 is 15.5 Å². The molecule has 1 aromatic rings. The molecule has 0 aliphatic heterocycles. The number of hydrogen-bond acceptors (Lipinski definition) is 2. The van der Waals surface area contributed by atoms with Crippen molar-refractivity contribution < 1.29 is 9.18 Å². The first kappa shape index (κ1) is 23.7. The average molecular weight is 490 g/mol. The number of carbonyl (C=O) groups is 1. The summed E-state index contributed by atoms with van der Waals surface area (Å²) in [4.78, 5) is 18.6. The summed E-state index contributed by atoms with van der Waals surface area (Å²) in [5.41, 5.74) is 0.680. The Bertz CT molecular complexity index is 630. The van der Waals surface area contributed by atoms with Crippen LogP contribution in [0.25, 0.3) is 0 Å². The molecule has 0 heterocycles. The van der Waals surface area contributed by atoms with Crippen molar-refractivity contribution in [2.24, 2.45) is 10.4 Å². The molecule has 1 aliphatic rings. The van der Waals surface area contributed by atoms with Crippen molar-refractivity contribution in [2.75, 3.05) is 34.2 Å². The monoisotopic (exact) mass is 490 g/mol. The molecule has 1 fully saturated rings. The number of aryl methyl sites for hydroxylation is 1. The Labute approximate surface area is 179 Å². The highest BCUT2D eigenvalue weighted by atomic mass is 127. The maximum absolute atomic E-state index is 13.2. The molecule has 152 valence electrons. The Hall–Kier alpha value is -1.38. The fourth-order valence-corrected chi connectivity index (χ4v) is 3.66. The molecule has 1 aromatic carbocycles. The maximum Gasteiger partial charge on any atom is 0.230 e. The molecule has 0 spiro atoms. The molecular formula is C20H32FIN4O. The first-order valence-electron chi connectivity index (χ1n) is 9.37. The molecule has 0 saturated heterocycles. The van der Waals surface area contributed by atoms with Gasteiger partial charge in [-0.2, -0.15) is 0 Å². The van der Waals surface area contributed by atoms with Gasteiger partial charge >= 0.3 is 0 Å². The van der Waals surface area contributed by atoms with Gasteiger partial charge in [0, 0.05) is 34.2 Å². The molecule has 0 radical (unpaired) electrons. The smallest absolute Gasteiger partial charge is 0.230 e. The Morgan fingerprint density at radius 3 is 2.56 bits per heavy atom. The van der Waals surface area contributed by atoms with E-state index in [-0.39, 0.29) is 41.1 Å². The van der Waals surface area contributed by atoms with Crippen LogP contribution in [0.5, 0.6) is 0 Å². The molecule has 1 amide bonds. The Morgan fingerprint density at radius 1 is 1.26 bits per heavy atom. The van der Waals surface area contributed by atoms with Crippen molar-refractivity contribution >= 4 is 35.8 Å². The zero-order valence-corrected chi connectivity index (χ0v) is 18.9. The van der Waals surface area contributed by atoms with Crippen LogP contribution in [0.3, 0.4) is 0 Å². The molecule has 2 rings (SSSR count). The van der Waals surface area contributed by atoms with E-state index in [1.807, 2.05) is 20.2 Å². The third kappa shape index (κ3) is 6.93. The zero-order valence-electron chi connectivity index (χ0n) is 16.6. The van der Waals surface area contributed by atoms with Crippen molar-refractivity contribution in [3.8, 4) is 0 Å². The summed E-state index contributed by atoms with van der Waals surface area (Å²) in [6.07, 6.45) is 5.74. The third-order valence-corrected chi connectivity index (χ3v) is 5.06. The lowest BCUT2D eigenvalue weighted by Crippen LogP contribution is -2.49. The number of benzene rings is 1. The van der Waals surface area contributed by atoms with Crippen LogP contribution >= 0.6 is 24.0 Å². The summed E-state index contributed by atoms with van der Waals surface area (Å²) in [6, 6.07) is 6.71. The summed E-state index contributed by atoms with van der Waals surface area (Å²) in [5, 5.41) is 6.61. The first-order valence-corrected chi connectivity index (χ1v) is 9.37. The van der Waals surface area contributed by atoms with Gasteiger partial charge in [0.15, 0.2) is 5.96 Å². The van der Waals surface area contributed by atoms with Crippen LogP contribution in [0.1, 0.15) is 37.7 Å². The Morgan fingerprint density at radius 2 is 1.96 bits per heavy atom. The number of nitrogens with one attached hydrogen (secondary N) is 2. The summed E-state index contributed by atoms with van der Waals surface area (Å²) in [7, 11) is 5.38. The maximum atomic E-state index is 13.2. The van der Waals surface area contributed by atoms with E-state index in [0.29, 0.717) is 12.5 Å². The predicted octanol–water partition coefficient (Wildman–Crippen LogP) is 3.19. The lowest BCUT2D eigenvalue weighted by Gasteiger charge is -2.31. The Kier molecular flexibility index (Phi) is 10.0. The number of hydrogen-bond donors (Lipinski definition) is 2. The molecule has 27 heavy (non-hydrogen) atoms. The van der Waals surface area contributed by atoms with Crippen LogP contribution in [-0.4, -0.2) is 51.0 Å². The highest BCUT2D eigenvalue weighted by Crippen LogP contribution is 2.38. The van der Waals surface area contributed by atoms with Crippen LogP contribution in [0, 0.1) is 11.2 Å². The van der Waals surface area contributed by atoms with E-state index in [9.17, 15) is 9.18 Å². The van der Waals surface area contributed by atoms with Gasteiger partial charge in [0.1, 0.15) is 5.82 Å². The van der Waals surface area contributed by atoms with Crippen LogP contribution in [0.4, 0.5) is 4.39 Å². The van der Waals surface area contributed by atoms with Gasteiger partial charge in [0.05, 0.1) is 5.41 Å². The van der Waals surface area contributed by atoms with E-state index in [2.05, 4.69) is 15.6 Å². The fourth-order valence-electron chi connectivity index (χ4n) is 3.66. The van der Waals surface area contributed by atoms with Crippen molar-refractivity contribution in [1.29, 1.82) is 0 Å². The quantitative estimate of drug-likeness (QED) is 0.267. The van der Waals surface area contributed by atoms with Gasteiger partial charge in [-0.3, -0.25) is 9.79 Å². The number of carbonyl (C=O) groups excluding carboxylic acids is 1. The van der Waals surface area contributed by atoms with Crippen LogP contribution in [0.15, 0.2) is 29.3 Å². The summed E-state index contributed by atoms with van der Waals surface area (Å²) < 4.78 is 13.2. The molecule has 0 unspecified atom stereocenters. The number of guanidine groups is 1. The van der Waals surface area contributed by atoms with E-state index in [1.165, 1.54) is 6.07 Å². The van der Waals surface area contributed by atoms with Crippen LogP contribution in [-0.2, 0) is 11.2 Å². The van der Waals surface area contributed by atoms with Gasteiger partial charge in [0.2, 0.25) is 5.91 Å². The van der Waals surface area contributed by atoms with Crippen LogP contribution < -0.4 is 10.6 Å². The lowest BCUT2D eigenvalue weighted by atomic mass is 9.84. The highest BCUT2D eigenvalue weighted by molar-refractivity contribution is 14.0. The van der Waals surface area contributed by atoms with Crippen molar-refractivity contribution in [3.05, 3.63) is 35.6 Å². The number of nitrogens with zero attached hydrogens (tertiary/aromatic N) is 2. The van der Waals surface area contributed by atoms with E-state index in [4.69, 9.17) is 0 Å². The molecule has 1 saturated carbocycles. The SMILES string of the molecule is CN=C(NCCCc1cccc(F)c1)NCC1(C(=O)N(C)C)CCCC1.I. The standard InChI is InChI=1S/C20H31FN4O.HI/c1-22-19(23-13-7-9-16-8-6-10-17(21)14-16)24-15-20(11-4-5-12-20)18(26)25(2)3;/h6,8,10,14H,4-5,7,9,11-13,15H2,1-3H3,(H2,22,23,24);1H. The van der Waals surface area contributed by atoms with Gasteiger partial charge in [0.25, 0.3) is 0 Å². The fraction of sp³-hybridized carbons (Fsp3) is 0.600. The molecule has 5 nitrogen and oxygen atoms in total. The minimum Gasteiger partial charge on any atom is -0.356 e. The van der Waals surface area contributed by atoms with Gasteiger partial charge in [-0.05, 0) is 43.4 Å². The van der Waals surface area contributed by atoms with Crippen molar-refractivity contribution in [1.82, 2.24) is 15.5 Å². The molecule has 0 atom stereocenters. The summed E-state index contributed by atoms with van der Waals surface area (Å²) >= 11 is 0. The van der Waals surface area contributed by atoms with E-state index >= 15 is 0 Å². The van der Waals surface area contributed by atoms with E-state index in [0.717, 1.165) is 50.6 Å². The molecule has 0 aromatic heterocycles. The molecule has 0 bridgehead atoms. The number of amides is 1. The van der Waals surface area contributed by atoms with Crippen LogP contribution in [0.2, 0.25) is 0 Å². The number of halogens is 2. The second-order valence-corrected chi connectivity index (χ2v) is 7.27. The first-order chi connectivity index (χ1) is 12.5. The van der Waals surface area contributed by atoms with Gasteiger partial charge in [-0.1, -0.05) is 25.0 Å². The van der Waals surface area contributed by atoms with E-state index in [1.54, 1.807) is 24.1 Å². The molecular weight excluding hydrogens is 458 g/mol. The highest BCUT2D eigenvalue weighted by Gasteiger charge is 2.42. The zero-order chi connectivity index (χ0) is 19.0. The third-order valence-electron chi connectivity index (χ3n) is 5.06. The van der Waals surface area contributed by atoms with Gasteiger partial charge in [-0.15, -0.1) is 24.0 Å². The minimum absolute atomic E-state index is 0. The minimum atomic E-state index is -0.317. The molecule has 7 heteroatoms. The largest absolute Gasteiger partial charge is 0.356 e. The topological polar surface area (TPSA) is 56.7 Å². The second-order valence-electron chi connectivity index (χ2n) is 7.27. The lowest BCUT2D eigenvalue weighted by molar-refractivity contribution is -0.138. The number of aliphatic imine (C=N–C) groups is 1. The summed E-state index contributed by atoms with van der Waals surface area (Å²) in [6.45, 7) is 1.35. The van der Waals surface area contributed by atoms with E-state index < -0.39 is 0 Å². The van der Waals surface area contributed by atoms with Crippen molar-refractivity contribution in [2.45, 2.75) is 38.5 Å². The average Bonchev–Trinajstić information content (AvgIpc) is 3.10. The normalized spacial score (nSPS) is 15.8. The molecule has 2 N–H and O–H groups in total. The molecule has 1 aliphatic carbocycles.